The quantitative estimate of drug-likeness (QED) is 0.818. The normalized spacial score (nSPS) is 13.9. The van der Waals surface area contributed by atoms with Gasteiger partial charge in [-0.2, -0.15) is 13.2 Å². The van der Waals surface area contributed by atoms with Crippen LogP contribution in [-0.4, -0.2) is 19.3 Å². The van der Waals surface area contributed by atoms with Gasteiger partial charge in [-0.05, 0) is 31.2 Å². The fraction of sp³-hybridized carbons (Fsp3) is 0.400. The topological polar surface area (TPSA) is 12.0 Å². The van der Waals surface area contributed by atoms with Gasteiger partial charge >= 0.3 is 6.18 Å². The molecule has 0 amide bonds. The average Bonchev–Trinajstić information content (AvgIpc) is 2.14. The monoisotopic (exact) mass is 255 g/mol. The molecule has 0 saturated heterocycles. The van der Waals surface area contributed by atoms with Crippen LogP contribution < -0.4 is 5.32 Å². The number of benzene rings is 1. The second kappa shape index (κ2) is 5.01. The molecule has 0 bridgehead atoms. The van der Waals surface area contributed by atoms with Gasteiger partial charge in [-0.3, -0.25) is 0 Å². The van der Waals surface area contributed by atoms with Gasteiger partial charge in [0.1, 0.15) is 11.9 Å². The van der Waals surface area contributed by atoms with E-state index in [0.717, 1.165) is 6.07 Å². The number of rotatable bonds is 3. The molecule has 0 saturated carbocycles. The van der Waals surface area contributed by atoms with Crippen molar-refractivity contribution in [2.75, 3.05) is 7.05 Å². The van der Waals surface area contributed by atoms with Gasteiger partial charge in [0.25, 0.3) is 0 Å². The number of hydrogen-bond donors (Lipinski definition) is 1. The van der Waals surface area contributed by atoms with E-state index in [1.165, 1.54) is 19.2 Å². The number of halogens is 5. The van der Waals surface area contributed by atoms with Crippen molar-refractivity contribution in [1.29, 1.82) is 0 Å². The Labute approximate surface area is 95.4 Å². The molecule has 90 valence electrons. The van der Waals surface area contributed by atoms with Gasteiger partial charge in [-0.1, -0.05) is 17.7 Å². The number of nitrogens with one attached hydrogen (secondary N) is 1. The van der Waals surface area contributed by atoms with Crippen molar-refractivity contribution >= 4 is 11.6 Å². The van der Waals surface area contributed by atoms with Crippen molar-refractivity contribution in [1.82, 2.24) is 5.32 Å². The van der Waals surface area contributed by atoms with Gasteiger partial charge in [-0.15, -0.1) is 0 Å². The summed E-state index contributed by atoms with van der Waals surface area (Å²) in [7, 11) is 1.19. The summed E-state index contributed by atoms with van der Waals surface area (Å²) in [5, 5.41) is 2.27. The van der Waals surface area contributed by atoms with E-state index >= 15 is 0 Å². The first-order valence-corrected chi connectivity index (χ1v) is 4.90. The highest BCUT2D eigenvalue weighted by atomic mass is 35.5. The smallest absolute Gasteiger partial charge is 0.309 e. The molecule has 0 fully saturated rings. The maximum atomic E-state index is 13.3. The van der Waals surface area contributed by atoms with Crippen LogP contribution in [0.15, 0.2) is 18.2 Å². The molecule has 1 rings (SSSR count). The van der Waals surface area contributed by atoms with Crippen LogP contribution >= 0.6 is 11.6 Å². The molecule has 6 heteroatoms. The molecule has 1 N–H and O–H groups in total. The molecule has 0 aliphatic carbocycles. The highest BCUT2D eigenvalue weighted by molar-refractivity contribution is 6.30. The predicted molar refractivity (Wildman–Crippen MR) is 54.0 cm³/mol. The van der Waals surface area contributed by atoms with Gasteiger partial charge in [0.15, 0.2) is 0 Å². The van der Waals surface area contributed by atoms with E-state index in [1.807, 2.05) is 0 Å². The zero-order valence-corrected chi connectivity index (χ0v) is 9.16. The molecule has 0 heterocycles. The minimum atomic E-state index is -4.40. The van der Waals surface area contributed by atoms with Crippen LogP contribution in [0.25, 0.3) is 0 Å². The molecule has 0 aromatic heterocycles. The second-order valence-corrected chi connectivity index (χ2v) is 3.76. The highest BCUT2D eigenvalue weighted by Gasteiger charge is 2.38. The molecule has 0 aliphatic rings. The van der Waals surface area contributed by atoms with Crippen molar-refractivity contribution < 1.29 is 17.6 Å². The molecule has 1 nitrogen and oxygen atoms in total. The van der Waals surface area contributed by atoms with Gasteiger partial charge in [-0.25, -0.2) is 4.39 Å². The molecule has 1 aromatic carbocycles. The average molecular weight is 256 g/mol. The van der Waals surface area contributed by atoms with Crippen LogP contribution in [0.2, 0.25) is 5.02 Å². The Morgan fingerprint density at radius 2 is 2.00 bits per heavy atom. The Morgan fingerprint density at radius 3 is 2.44 bits per heavy atom. The first kappa shape index (κ1) is 13.3. The van der Waals surface area contributed by atoms with Crippen molar-refractivity contribution in [3.63, 3.8) is 0 Å². The van der Waals surface area contributed by atoms with Crippen LogP contribution in [0.3, 0.4) is 0 Å². The van der Waals surface area contributed by atoms with E-state index in [0.29, 0.717) is 0 Å². The lowest BCUT2D eigenvalue weighted by Gasteiger charge is -2.19. The van der Waals surface area contributed by atoms with Crippen molar-refractivity contribution in [2.45, 2.75) is 18.6 Å². The molecular formula is C10H10ClF4N. The lowest BCUT2D eigenvalue weighted by atomic mass is 10.1. The standard InChI is InChI=1S/C10H10ClF4N/c1-16-9(10(13,14)15)4-6-2-3-7(11)5-8(6)12/h2-3,5,9,16H,4H2,1H3. The molecule has 1 unspecified atom stereocenters. The van der Waals surface area contributed by atoms with Gasteiger partial charge in [0, 0.05) is 5.02 Å². The summed E-state index contributed by atoms with van der Waals surface area (Å²) < 4.78 is 50.5. The van der Waals surface area contributed by atoms with Crippen molar-refractivity contribution in [3.05, 3.63) is 34.6 Å². The maximum absolute atomic E-state index is 13.3. The third-order valence-corrected chi connectivity index (χ3v) is 2.42. The first-order valence-electron chi connectivity index (χ1n) is 4.52. The van der Waals surface area contributed by atoms with Crippen molar-refractivity contribution in [2.24, 2.45) is 0 Å². The Kier molecular flexibility index (Phi) is 4.15. The molecule has 1 aromatic rings. The molecule has 16 heavy (non-hydrogen) atoms. The highest BCUT2D eigenvalue weighted by Crippen LogP contribution is 2.24. The third-order valence-electron chi connectivity index (χ3n) is 2.18. The van der Waals surface area contributed by atoms with E-state index in [9.17, 15) is 17.6 Å². The van der Waals surface area contributed by atoms with E-state index < -0.39 is 24.5 Å². The fourth-order valence-corrected chi connectivity index (χ4v) is 1.45. The van der Waals surface area contributed by atoms with Crippen LogP contribution in [-0.2, 0) is 6.42 Å². The number of alkyl halides is 3. The molecular weight excluding hydrogens is 246 g/mol. The Morgan fingerprint density at radius 1 is 1.38 bits per heavy atom. The molecule has 0 radical (unpaired) electrons. The van der Waals surface area contributed by atoms with Crippen LogP contribution in [0.4, 0.5) is 17.6 Å². The van der Waals surface area contributed by atoms with Crippen LogP contribution in [0, 0.1) is 5.82 Å². The summed E-state index contributed by atoms with van der Waals surface area (Å²) in [5.41, 5.74) is -0.0129. The summed E-state index contributed by atoms with van der Waals surface area (Å²) in [6, 6.07) is 1.86. The maximum Gasteiger partial charge on any atom is 0.404 e. The third kappa shape index (κ3) is 3.35. The lowest BCUT2D eigenvalue weighted by Crippen LogP contribution is -2.41. The van der Waals surface area contributed by atoms with E-state index in [1.54, 1.807) is 0 Å². The molecule has 0 spiro atoms. The number of hydrogen-bond acceptors (Lipinski definition) is 1. The Hall–Kier alpha value is -0.810. The van der Waals surface area contributed by atoms with Gasteiger partial charge in [0.2, 0.25) is 0 Å². The minimum absolute atomic E-state index is 0.0129. The zero-order chi connectivity index (χ0) is 12.3. The summed E-state index contributed by atoms with van der Waals surface area (Å²) in [6.07, 6.45) is -4.86. The largest absolute Gasteiger partial charge is 0.404 e. The lowest BCUT2D eigenvalue weighted by molar-refractivity contribution is -0.154. The van der Waals surface area contributed by atoms with Crippen LogP contribution in [0.1, 0.15) is 5.56 Å². The summed E-state index contributed by atoms with van der Waals surface area (Å²) >= 11 is 5.50. The minimum Gasteiger partial charge on any atom is -0.309 e. The summed E-state index contributed by atoms with van der Waals surface area (Å²) in [4.78, 5) is 0. The van der Waals surface area contributed by atoms with E-state index in [-0.39, 0.29) is 10.6 Å². The second-order valence-electron chi connectivity index (χ2n) is 3.32. The first-order chi connectivity index (χ1) is 7.34. The fourth-order valence-electron chi connectivity index (χ4n) is 1.29. The van der Waals surface area contributed by atoms with Gasteiger partial charge in [0.05, 0.1) is 0 Å². The Bertz CT molecular complexity index is 364. The van der Waals surface area contributed by atoms with Crippen molar-refractivity contribution in [3.8, 4) is 0 Å². The summed E-state index contributed by atoms with van der Waals surface area (Å²) in [5.74, 6) is -0.725. The van der Waals surface area contributed by atoms with Crippen LogP contribution in [0.5, 0.6) is 0 Å². The Balaban J connectivity index is 2.86. The summed E-state index contributed by atoms with van der Waals surface area (Å²) in [6.45, 7) is 0. The molecule has 0 aliphatic heterocycles. The molecule has 1 atom stereocenters. The zero-order valence-electron chi connectivity index (χ0n) is 8.41. The van der Waals surface area contributed by atoms with E-state index in [2.05, 4.69) is 5.32 Å². The van der Waals surface area contributed by atoms with Gasteiger partial charge < -0.3 is 5.32 Å². The van der Waals surface area contributed by atoms with E-state index in [4.69, 9.17) is 11.6 Å². The predicted octanol–water partition coefficient (Wildman–Crippen LogP) is 3.17. The SMILES string of the molecule is CNC(Cc1ccc(Cl)cc1F)C(F)(F)F. The number of likely N-dealkylation sites (N-methyl/N-ethyl adjacent to an activating group) is 1.